The number of hydrogen-bond acceptors (Lipinski definition) is 2. The van der Waals surface area contributed by atoms with Crippen molar-refractivity contribution in [2.45, 2.75) is 53.2 Å². The van der Waals surface area contributed by atoms with Crippen molar-refractivity contribution in [3.8, 4) is 5.75 Å². The molecule has 1 atom stereocenters. The quantitative estimate of drug-likeness (QED) is 0.753. The maximum absolute atomic E-state index is 12.7. The molecule has 0 saturated heterocycles. The van der Waals surface area contributed by atoms with Gasteiger partial charge in [-0.05, 0) is 49.4 Å². The molecule has 3 nitrogen and oxygen atoms in total. The standard InChI is InChI=1S/C22H29NO2/c1-15(2)20-12-9-17(4)13-21(20)25-18(5)22(24)23(6)14-19-10-7-16(3)8-11-19/h7-13,15,18H,14H2,1-6H3/t18-/m1/s1. The highest BCUT2D eigenvalue weighted by Gasteiger charge is 2.21. The minimum atomic E-state index is -0.519. The molecule has 1 amide bonds. The second-order valence-corrected chi connectivity index (χ2v) is 7.14. The van der Waals surface area contributed by atoms with Gasteiger partial charge in [-0.1, -0.05) is 55.8 Å². The van der Waals surface area contributed by atoms with E-state index in [1.54, 1.807) is 4.90 Å². The number of amides is 1. The van der Waals surface area contributed by atoms with E-state index in [4.69, 9.17) is 4.74 Å². The van der Waals surface area contributed by atoms with Gasteiger partial charge in [0.15, 0.2) is 6.10 Å². The van der Waals surface area contributed by atoms with Crippen LogP contribution in [0.3, 0.4) is 0 Å². The topological polar surface area (TPSA) is 29.5 Å². The van der Waals surface area contributed by atoms with E-state index in [1.165, 1.54) is 5.56 Å². The molecule has 0 aliphatic rings. The predicted octanol–water partition coefficient (Wildman–Crippen LogP) is 4.85. The number of rotatable bonds is 6. The minimum Gasteiger partial charge on any atom is -0.481 e. The van der Waals surface area contributed by atoms with Crippen molar-refractivity contribution in [3.63, 3.8) is 0 Å². The molecular weight excluding hydrogens is 310 g/mol. The number of ether oxygens (including phenoxy) is 1. The molecule has 0 radical (unpaired) electrons. The average Bonchev–Trinajstić information content (AvgIpc) is 2.55. The first-order chi connectivity index (χ1) is 11.8. The first-order valence-electron chi connectivity index (χ1n) is 8.85. The first-order valence-corrected chi connectivity index (χ1v) is 8.85. The molecule has 0 bridgehead atoms. The third-order valence-corrected chi connectivity index (χ3v) is 4.36. The molecular formula is C22H29NO2. The van der Waals surface area contributed by atoms with Gasteiger partial charge in [-0.2, -0.15) is 0 Å². The summed E-state index contributed by atoms with van der Waals surface area (Å²) in [5.41, 5.74) is 4.60. The molecule has 2 aromatic rings. The van der Waals surface area contributed by atoms with Crippen LogP contribution < -0.4 is 4.74 Å². The smallest absolute Gasteiger partial charge is 0.263 e. The molecule has 0 saturated carbocycles. The van der Waals surface area contributed by atoms with E-state index in [2.05, 4.69) is 57.2 Å². The fourth-order valence-electron chi connectivity index (χ4n) is 2.82. The van der Waals surface area contributed by atoms with Crippen LogP contribution in [0.2, 0.25) is 0 Å². The molecule has 3 heteroatoms. The Morgan fingerprint density at radius 1 is 1.00 bits per heavy atom. The zero-order valence-corrected chi connectivity index (χ0v) is 16.2. The van der Waals surface area contributed by atoms with Crippen LogP contribution in [0, 0.1) is 13.8 Å². The maximum atomic E-state index is 12.7. The molecule has 134 valence electrons. The fourth-order valence-corrected chi connectivity index (χ4v) is 2.82. The number of nitrogens with zero attached hydrogens (tertiary/aromatic N) is 1. The molecule has 2 aromatic carbocycles. The van der Waals surface area contributed by atoms with Crippen LogP contribution in [0.5, 0.6) is 5.75 Å². The van der Waals surface area contributed by atoms with Crippen molar-refractivity contribution < 1.29 is 9.53 Å². The molecule has 25 heavy (non-hydrogen) atoms. The van der Waals surface area contributed by atoms with Gasteiger partial charge in [0.25, 0.3) is 5.91 Å². The number of hydrogen-bond donors (Lipinski definition) is 0. The van der Waals surface area contributed by atoms with Crippen molar-refractivity contribution in [3.05, 3.63) is 64.7 Å². The lowest BCUT2D eigenvalue weighted by molar-refractivity contribution is -0.137. The van der Waals surface area contributed by atoms with Crippen LogP contribution in [0.1, 0.15) is 48.9 Å². The second-order valence-electron chi connectivity index (χ2n) is 7.14. The van der Waals surface area contributed by atoms with Crippen LogP contribution >= 0.6 is 0 Å². The predicted molar refractivity (Wildman–Crippen MR) is 103 cm³/mol. The molecule has 0 unspecified atom stereocenters. The lowest BCUT2D eigenvalue weighted by Crippen LogP contribution is -2.37. The molecule has 0 N–H and O–H groups in total. The van der Waals surface area contributed by atoms with Gasteiger partial charge in [-0.25, -0.2) is 0 Å². The molecule has 2 rings (SSSR count). The van der Waals surface area contributed by atoms with Gasteiger partial charge in [0, 0.05) is 13.6 Å². The summed E-state index contributed by atoms with van der Waals surface area (Å²) < 4.78 is 6.04. The number of carbonyl (C=O) groups excluding carboxylic acids is 1. The highest BCUT2D eigenvalue weighted by atomic mass is 16.5. The summed E-state index contributed by atoms with van der Waals surface area (Å²) in [5, 5.41) is 0. The second kappa shape index (κ2) is 8.19. The molecule has 0 aliphatic carbocycles. The monoisotopic (exact) mass is 339 g/mol. The van der Waals surface area contributed by atoms with Gasteiger partial charge in [0.1, 0.15) is 5.75 Å². The Morgan fingerprint density at radius 3 is 2.20 bits per heavy atom. The Morgan fingerprint density at radius 2 is 1.60 bits per heavy atom. The number of carbonyl (C=O) groups is 1. The van der Waals surface area contributed by atoms with Crippen LogP contribution in [0.4, 0.5) is 0 Å². The van der Waals surface area contributed by atoms with E-state index in [0.29, 0.717) is 12.5 Å². The zero-order valence-electron chi connectivity index (χ0n) is 16.2. The normalized spacial score (nSPS) is 12.1. The molecule has 0 spiro atoms. The lowest BCUT2D eigenvalue weighted by Gasteiger charge is -2.24. The summed E-state index contributed by atoms with van der Waals surface area (Å²) in [7, 11) is 1.82. The Balaban J connectivity index is 2.07. The molecule has 0 aromatic heterocycles. The Kier molecular flexibility index (Phi) is 6.24. The number of aryl methyl sites for hydroxylation is 2. The van der Waals surface area contributed by atoms with Crippen LogP contribution in [-0.2, 0) is 11.3 Å². The average molecular weight is 339 g/mol. The third kappa shape index (κ3) is 5.09. The van der Waals surface area contributed by atoms with E-state index < -0.39 is 6.10 Å². The Hall–Kier alpha value is -2.29. The Bertz CT molecular complexity index is 719. The number of likely N-dealkylation sites (N-methyl/N-ethyl adjacent to an activating group) is 1. The van der Waals surface area contributed by atoms with E-state index >= 15 is 0 Å². The van der Waals surface area contributed by atoms with Crippen LogP contribution in [0.15, 0.2) is 42.5 Å². The van der Waals surface area contributed by atoms with Gasteiger partial charge in [0.2, 0.25) is 0 Å². The van der Waals surface area contributed by atoms with Crippen molar-refractivity contribution in [2.75, 3.05) is 7.05 Å². The highest BCUT2D eigenvalue weighted by molar-refractivity contribution is 5.80. The van der Waals surface area contributed by atoms with Crippen molar-refractivity contribution in [1.29, 1.82) is 0 Å². The summed E-state index contributed by atoms with van der Waals surface area (Å²) >= 11 is 0. The van der Waals surface area contributed by atoms with Gasteiger partial charge >= 0.3 is 0 Å². The largest absolute Gasteiger partial charge is 0.481 e. The molecule has 0 aliphatic heterocycles. The van der Waals surface area contributed by atoms with Gasteiger partial charge in [-0.3, -0.25) is 4.79 Å². The summed E-state index contributed by atoms with van der Waals surface area (Å²) in [5.74, 6) is 1.14. The molecule has 0 fully saturated rings. The first kappa shape index (κ1) is 19.0. The fraction of sp³-hybridized carbons (Fsp3) is 0.409. The summed E-state index contributed by atoms with van der Waals surface area (Å²) in [6.45, 7) is 10.8. The Labute approximate surface area is 151 Å². The van der Waals surface area contributed by atoms with Crippen molar-refractivity contribution >= 4 is 5.91 Å². The van der Waals surface area contributed by atoms with Gasteiger partial charge in [0.05, 0.1) is 0 Å². The van der Waals surface area contributed by atoms with Gasteiger partial charge < -0.3 is 9.64 Å². The van der Waals surface area contributed by atoms with E-state index in [9.17, 15) is 4.79 Å². The van der Waals surface area contributed by atoms with Crippen LogP contribution in [-0.4, -0.2) is 24.0 Å². The van der Waals surface area contributed by atoms with E-state index in [-0.39, 0.29) is 5.91 Å². The summed E-state index contributed by atoms with van der Waals surface area (Å²) in [6.07, 6.45) is -0.519. The summed E-state index contributed by atoms with van der Waals surface area (Å²) in [6, 6.07) is 14.4. The maximum Gasteiger partial charge on any atom is 0.263 e. The summed E-state index contributed by atoms with van der Waals surface area (Å²) in [4.78, 5) is 14.4. The SMILES string of the molecule is Cc1ccc(CN(C)C(=O)[C@@H](C)Oc2cc(C)ccc2C(C)C)cc1. The van der Waals surface area contributed by atoms with E-state index in [1.807, 2.05) is 27.0 Å². The van der Waals surface area contributed by atoms with E-state index in [0.717, 1.165) is 22.4 Å². The third-order valence-electron chi connectivity index (χ3n) is 4.36. The number of benzene rings is 2. The van der Waals surface area contributed by atoms with Crippen molar-refractivity contribution in [1.82, 2.24) is 4.90 Å². The molecule has 0 heterocycles. The van der Waals surface area contributed by atoms with Gasteiger partial charge in [-0.15, -0.1) is 0 Å². The van der Waals surface area contributed by atoms with Crippen molar-refractivity contribution in [2.24, 2.45) is 0 Å². The van der Waals surface area contributed by atoms with Crippen LogP contribution in [0.25, 0.3) is 0 Å². The lowest BCUT2D eigenvalue weighted by atomic mass is 10.0. The minimum absolute atomic E-state index is 0.0169. The highest BCUT2D eigenvalue weighted by Crippen LogP contribution is 2.28. The zero-order chi connectivity index (χ0) is 18.6.